The van der Waals surface area contributed by atoms with E-state index in [0.717, 1.165) is 12.3 Å². The van der Waals surface area contributed by atoms with Crippen LogP contribution in [0.25, 0.3) is 0 Å². The van der Waals surface area contributed by atoms with Crippen LogP contribution in [0.4, 0.5) is 0 Å². The summed E-state index contributed by atoms with van der Waals surface area (Å²) < 4.78 is 5.30. The van der Waals surface area contributed by atoms with E-state index >= 15 is 0 Å². The van der Waals surface area contributed by atoms with Crippen molar-refractivity contribution in [2.24, 2.45) is 5.92 Å². The Bertz CT molecular complexity index is 221. The second kappa shape index (κ2) is 5.04. The average Bonchev–Trinajstić information content (AvgIpc) is 2.65. The summed E-state index contributed by atoms with van der Waals surface area (Å²) in [4.78, 5) is 0. The molecule has 0 amide bonds. The molecule has 0 bridgehead atoms. The Kier molecular flexibility index (Phi) is 3.99. The normalized spacial score (nSPS) is 15.6. The molecule has 3 nitrogen and oxygen atoms in total. The number of aliphatic hydroxyl groups is 1. The topological polar surface area (TPSA) is 45.4 Å². The van der Waals surface area contributed by atoms with E-state index < -0.39 is 0 Å². The molecule has 1 aromatic rings. The van der Waals surface area contributed by atoms with Crippen LogP contribution in [-0.4, -0.2) is 18.3 Å². The Morgan fingerprint density at radius 2 is 2.38 bits per heavy atom. The number of nitrogens with one attached hydrogen (secondary N) is 1. The van der Waals surface area contributed by atoms with Crippen molar-refractivity contribution in [3.8, 4) is 0 Å². The number of rotatable bonds is 5. The van der Waals surface area contributed by atoms with Gasteiger partial charge in [-0.2, -0.15) is 0 Å². The van der Waals surface area contributed by atoms with E-state index in [1.807, 2.05) is 26.0 Å². The third-order valence-electron chi connectivity index (χ3n) is 2.13. The van der Waals surface area contributed by atoms with Crippen molar-refractivity contribution < 1.29 is 9.52 Å². The van der Waals surface area contributed by atoms with Crippen molar-refractivity contribution in [3.63, 3.8) is 0 Å². The van der Waals surface area contributed by atoms with Gasteiger partial charge in [-0.25, -0.2) is 0 Å². The molecule has 13 heavy (non-hydrogen) atoms. The summed E-state index contributed by atoms with van der Waals surface area (Å²) in [6.45, 7) is 5.07. The maximum Gasteiger partial charge on any atom is 0.121 e. The molecule has 0 saturated heterocycles. The summed E-state index contributed by atoms with van der Waals surface area (Å²) in [6.07, 6.45) is 1.66. The summed E-state index contributed by atoms with van der Waals surface area (Å²) in [5.41, 5.74) is 0. The van der Waals surface area contributed by atoms with E-state index in [1.165, 1.54) is 0 Å². The van der Waals surface area contributed by atoms with Crippen molar-refractivity contribution in [1.82, 2.24) is 5.32 Å². The first kappa shape index (κ1) is 10.3. The van der Waals surface area contributed by atoms with Gasteiger partial charge < -0.3 is 14.8 Å². The lowest BCUT2D eigenvalue weighted by Crippen LogP contribution is -2.28. The Morgan fingerprint density at radius 3 is 2.85 bits per heavy atom. The standard InChI is InChI=1S/C10H17NO2/c1-3-11-10(8(2)7-12)9-5-4-6-13-9/h4-6,8,10-12H,3,7H2,1-2H3. The minimum atomic E-state index is 0.116. The minimum absolute atomic E-state index is 0.116. The maximum absolute atomic E-state index is 9.05. The van der Waals surface area contributed by atoms with Crippen LogP contribution in [0.15, 0.2) is 22.8 Å². The highest BCUT2D eigenvalue weighted by Gasteiger charge is 2.19. The molecule has 0 radical (unpaired) electrons. The largest absolute Gasteiger partial charge is 0.468 e. The van der Waals surface area contributed by atoms with E-state index in [2.05, 4.69) is 5.32 Å². The summed E-state index contributed by atoms with van der Waals surface area (Å²) in [5, 5.41) is 12.3. The van der Waals surface area contributed by atoms with Crippen LogP contribution in [0, 0.1) is 5.92 Å². The first-order valence-electron chi connectivity index (χ1n) is 4.67. The van der Waals surface area contributed by atoms with Crippen molar-refractivity contribution in [2.45, 2.75) is 19.9 Å². The van der Waals surface area contributed by atoms with Gasteiger partial charge in [0.2, 0.25) is 0 Å². The molecule has 0 aliphatic rings. The van der Waals surface area contributed by atoms with Gasteiger partial charge in [0.25, 0.3) is 0 Å². The lowest BCUT2D eigenvalue weighted by molar-refractivity contribution is 0.191. The molecule has 1 aromatic heterocycles. The lowest BCUT2D eigenvalue weighted by atomic mass is 10.0. The van der Waals surface area contributed by atoms with Gasteiger partial charge in [0, 0.05) is 12.5 Å². The van der Waals surface area contributed by atoms with Crippen molar-refractivity contribution in [3.05, 3.63) is 24.2 Å². The molecule has 0 saturated carbocycles. The van der Waals surface area contributed by atoms with Gasteiger partial charge in [-0.1, -0.05) is 13.8 Å². The fourth-order valence-electron chi connectivity index (χ4n) is 1.38. The summed E-state index contributed by atoms with van der Waals surface area (Å²) in [6, 6.07) is 3.91. The Hall–Kier alpha value is -0.800. The van der Waals surface area contributed by atoms with Gasteiger partial charge in [0.05, 0.1) is 12.3 Å². The summed E-state index contributed by atoms with van der Waals surface area (Å²) in [5.74, 6) is 1.06. The van der Waals surface area contributed by atoms with Crippen LogP contribution in [-0.2, 0) is 0 Å². The van der Waals surface area contributed by atoms with Gasteiger partial charge in [-0.15, -0.1) is 0 Å². The highest BCUT2D eigenvalue weighted by atomic mass is 16.3. The molecule has 0 aliphatic heterocycles. The molecule has 1 rings (SSSR count). The Labute approximate surface area is 78.8 Å². The fourth-order valence-corrected chi connectivity index (χ4v) is 1.38. The highest BCUT2D eigenvalue weighted by Crippen LogP contribution is 2.21. The molecule has 0 spiro atoms. The molecule has 0 aliphatic carbocycles. The smallest absolute Gasteiger partial charge is 0.121 e. The van der Waals surface area contributed by atoms with Crippen LogP contribution in [0.1, 0.15) is 25.6 Å². The average molecular weight is 183 g/mol. The second-order valence-corrected chi connectivity index (χ2v) is 3.21. The van der Waals surface area contributed by atoms with Gasteiger partial charge in [-0.05, 0) is 18.7 Å². The minimum Gasteiger partial charge on any atom is -0.468 e. The molecule has 0 aromatic carbocycles. The molecule has 3 heteroatoms. The van der Waals surface area contributed by atoms with Crippen LogP contribution in [0.3, 0.4) is 0 Å². The van der Waals surface area contributed by atoms with Crippen LogP contribution in [0.5, 0.6) is 0 Å². The van der Waals surface area contributed by atoms with E-state index in [9.17, 15) is 0 Å². The quantitative estimate of drug-likeness (QED) is 0.728. The third kappa shape index (κ3) is 2.57. The number of furan rings is 1. The first-order valence-corrected chi connectivity index (χ1v) is 4.67. The predicted octanol–water partition coefficient (Wildman–Crippen LogP) is 1.56. The van der Waals surface area contributed by atoms with E-state index in [1.54, 1.807) is 6.26 Å². The third-order valence-corrected chi connectivity index (χ3v) is 2.13. The zero-order chi connectivity index (χ0) is 9.68. The Morgan fingerprint density at radius 1 is 1.62 bits per heavy atom. The molecular weight excluding hydrogens is 166 g/mol. The number of hydrogen-bond donors (Lipinski definition) is 2. The van der Waals surface area contributed by atoms with E-state index in [-0.39, 0.29) is 18.6 Å². The number of aliphatic hydroxyl groups excluding tert-OH is 1. The monoisotopic (exact) mass is 183 g/mol. The maximum atomic E-state index is 9.05. The van der Waals surface area contributed by atoms with Gasteiger partial charge in [0.1, 0.15) is 5.76 Å². The van der Waals surface area contributed by atoms with Gasteiger partial charge in [-0.3, -0.25) is 0 Å². The SMILES string of the molecule is CCNC(c1ccco1)C(C)CO. The van der Waals surface area contributed by atoms with Crippen molar-refractivity contribution in [2.75, 3.05) is 13.2 Å². The zero-order valence-electron chi connectivity index (χ0n) is 8.16. The van der Waals surface area contributed by atoms with Crippen molar-refractivity contribution >= 4 is 0 Å². The Balaban J connectivity index is 2.68. The lowest BCUT2D eigenvalue weighted by Gasteiger charge is -2.20. The van der Waals surface area contributed by atoms with Crippen molar-refractivity contribution in [1.29, 1.82) is 0 Å². The van der Waals surface area contributed by atoms with Gasteiger partial charge >= 0.3 is 0 Å². The van der Waals surface area contributed by atoms with E-state index in [0.29, 0.717) is 0 Å². The molecule has 2 atom stereocenters. The van der Waals surface area contributed by atoms with Crippen LogP contribution >= 0.6 is 0 Å². The molecule has 0 fully saturated rings. The van der Waals surface area contributed by atoms with E-state index in [4.69, 9.17) is 9.52 Å². The van der Waals surface area contributed by atoms with Crippen LogP contribution < -0.4 is 5.32 Å². The molecular formula is C10H17NO2. The molecule has 1 heterocycles. The second-order valence-electron chi connectivity index (χ2n) is 3.21. The highest BCUT2D eigenvalue weighted by molar-refractivity contribution is 5.05. The molecule has 2 unspecified atom stereocenters. The zero-order valence-corrected chi connectivity index (χ0v) is 8.16. The van der Waals surface area contributed by atoms with Crippen LogP contribution in [0.2, 0.25) is 0 Å². The predicted molar refractivity (Wildman–Crippen MR) is 51.4 cm³/mol. The molecule has 2 N–H and O–H groups in total. The summed E-state index contributed by atoms with van der Waals surface area (Å²) in [7, 11) is 0. The molecule has 74 valence electrons. The number of hydrogen-bond acceptors (Lipinski definition) is 3. The first-order chi connectivity index (χ1) is 6.29. The van der Waals surface area contributed by atoms with Gasteiger partial charge in [0.15, 0.2) is 0 Å². The fraction of sp³-hybridized carbons (Fsp3) is 0.600. The summed E-state index contributed by atoms with van der Waals surface area (Å²) >= 11 is 0.